The van der Waals surface area contributed by atoms with Crippen molar-refractivity contribution in [2.24, 2.45) is 11.3 Å². The summed E-state index contributed by atoms with van der Waals surface area (Å²) in [6, 6.07) is 15.4. The van der Waals surface area contributed by atoms with Crippen LogP contribution in [0.4, 0.5) is 8.78 Å². The van der Waals surface area contributed by atoms with Gasteiger partial charge in [0.15, 0.2) is 11.6 Å². The molecule has 2 aliphatic carbocycles. The van der Waals surface area contributed by atoms with Crippen molar-refractivity contribution in [1.29, 1.82) is 0 Å². The number of carbonyl (C=O) groups is 1. The zero-order valence-corrected chi connectivity index (χ0v) is 23.9. The minimum atomic E-state index is -0.976. The SMILES string of the molecule is CC1CC1.COc1ccc(F)c(-c2ccc(COc3cccc(CCC(=O)O)c3F)cc2C2CCCC2(C)C)c1. The molecule has 3 aromatic rings. The molecule has 2 fully saturated rings. The molecule has 3 aromatic carbocycles. The molecule has 40 heavy (non-hydrogen) atoms. The van der Waals surface area contributed by atoms with Crippen molar-refractivity contribution >= 4 is 5.97 Å². The molecule has 6 heteroatoms. The first kappa shape index (κ1) is 29.6. The van der Waals surface area contributed by atoms with E-state index in [0.717, 1.165) is 41.9 Å². The average molecular weight is 551 g/mol. The first-order chi connectivity index (χ1) is 19.1. The highest BCUT2D eigenvalue weighted by Gasteiger charge is 2.37. The van der Waals surface area contributed by atoms with Crippen LogP contribution >= 0.6 is 0 Å². The first-order valence-electron chi connectivity index (χ1n) is 14.2. The van der Waals surface area contributed by atoms with Gasteiger partial charge in [0.25, 0.3) is 0 Å². The summed E-state index contributed by atoms with van der Waals surface area (Å²) in [4.78, 5) is 10.9. The van der Waals surface area contributed by atoms with Crippen LogP contribution in [0.3, 0.4) is 0 Å². The number of ether oxygens (including phenoxy) is 2. The second kappa shape index (κ2) is 12.8. The van der Waals surface area contributed by atoms with E-state index in [9.17, 15) is 13.6 Å². The fourth-order valence-corrected chi connectivity index (χ4v) is 5.41. The van der Waals surface area contributed by atoms with Crippen LogP contribution in [0.25, 0.3) is 11.1 Å². The zero-order chi connectivity index (χ0) is 28.9. The summed E-state index contributed by atoms with van der Waals surface area (Å²) in [7, 11) is 1.56. The molecule has 1 unspecified atom stereocenters. The van der Waals surface area contributed by atoms with Crippen molar-refractivity contribution in [3.05, 3.63) is 82.9 Å². The van der Waals surface area contributed by atoms with E-state index in [1.54, 1.807) is 37.4 Å². The van der Waals surface area contributed by atoms with E-state index >= 15 is 0 Å². The Bertz CT molecular complexity index is 1330. The van der Waals surface area contributed by atoms with Gasteiger partial charge in [-0.05, 0) is 83.0 Å². The number of methoxy groups -OCH3 is 1. The Balaban J connectivity index is 0.000000848. The van der Waals surface area contributed by atoms with Gasteiger partial charge in [-0.2, -0.15) is 0 Å². The largest absolute Gasteiger partial charge is 0.497 e. The Morgan fingerprint density at radius 3 is 2.40 bits per heavy atom. The van der Waals surface area contributed by atoms with E-state index in [1.165, 1.54) is 18.9 Å². The first-order valence-corrected chi connectivity index (χ1v) is 14.2. The summed E-state index contributed by atoms with van der Waals surface area (Å²) in [6.45, 7) is 6.91. The normalized spacial score (nSPS) is 17.6. The van der Waals surface area contributed by atoms with E-state index in [2.05, 4.69) is 26.8 Å². The van der Waals surface area contributed by atoms with Crippen LogP contribution in [0.1, 0.15) is 81.9 Å². The molecule has 5 rings (SSSR count). The summed E-state index contributed by atoms with van der Waals surface area (Å²) in [6.07, 6.45) is 6.12. The van der Waals surface area contributed by atoms with Gasteiger partial charge < -0.3 is 14.6 Å². The van der Waals surface area contributed by atoms with E-state index < -0.39 is 11.8 Å². The van der Waals surface area contributed by atoms with E-state index in [4.69, 9.17) is 14.6 Å². The highest BCUT2D eigenvalue weighted by molar-refractivity contribution is 5.71. The topological polar surface area (TPSA) is 55.8 Å². The Kier molecular flexibility index (Phi) is 9.49. The summed E-state index contributed by atoms with van der Waals surface area (Å²) in [5, 5.41) is 8.91. The molecule has 2 aliphatic rings. The lowest BCUT2D eigenvalue weighted by Gasteiger charge is -2.30. The number of hydrogen-bond acceptors (Lipinski definition) is 3. The average Bonchev–Trinajstić information content (AvgIpc) is 3.63. The van der Waals surface area contributed by atoms with Crippen LogP contribution in [-0.4, -0.2) is 18.2 Å². The predicted octanol–water partition coefficient (Wildman–Crippen LogP) is 8.95. The van der Waals surface area contributed by atoms with Gasteiger partial charge in [0.05, 0.1) is 7.11 Å². The molecule has 0 aliphatic heterocycles. The zero-order valence-electron chi connectivity index (χ0n) is 23.9. The molecule has 0 spiro atoms. The third kappa shape index (κ3) is 7.41. The Labute approximate surface area is 236 Å². The second-order valence-electron chi connectivity index (χ2n) is 11.8. The van der Waals surface area contributed by atoms with Gasteiger partial charge in [0, 0.05) is 12.0 Å². The highest BCUT2D eigenvalue weighted by Crippen LogP contribution is 2.51. The fourth-order valence-electron chi connectivity index (χ4n) is 5.41. The van der Waals surface area contributed by atoms with Gasteiger partial charge in [-0.15, -0.1) is 0 Å². The Hall–Kier alpha value is -3.41. The lowest BCUT2D eigenvalue weighted by molar-refractivity contribution is -0.136. The maximum Gasteiger partial charge on any atom is 0.303 e. The molecule has 0 bridgehead atoms. The van der Waals surface area contributed by atoms with E-state index in [0.29, 0.717) is 16.9 Å². The number of hydrogen-bond donors (Lipinski definition) is 1. The summed E-state index contributed by atoms with van der Waals surface area (Å²) in [5.74, 6) is 0.185. The van der Waals surface area contributed by atoms with Crippen molar-refractivity contribution in [1.82, 2.24) is 0 Å². The monoisotopic (exact) mass is 550 g/mol. The van der Waals surface area contributed by atoms with Crippen LogP contribution in [0, 0.1) is 23.0 Å². The van der Waals surface area contributed by atoms with Crippen LogP contribution in [-0.2, 0) is 17.8 Å². The maximum absolute atomic E-state index is 15.0. The van der Waals surface area contributed by atoms with E-state index in [1.807, 2.05) is 12.1 Å². The van der Waals surface area contributed by atoms with Crippen LogP contribution in [0.2, 0.25) is 0 Å². The minimum Gasteiger partial charge on any atom is -0.497 e. The van der Waals surface area contributed by atoms with Crippen LogP contribution in [0.15, 0.2) is 54.6 Å². The third-order valence-electron chi connectivity index (χ3n) is 8.12. The molecule has 2 saturated carbocycles. The van der Waals surface area contributed by atoms with Crippen molar-refractivity contribution in [3.8, 4) is 22.6 Å². The number of rotatable bonds is 9. The van der Waals surface area contributed by atoms with Crippen LogP contribution in [0.5, 0.6) is 11.5 Å². The van der Waals surface area contributed by atoms with Crippen molar-refractivity contribution in [3.63, 3.8) is 0 Å². The minimum absolute atomic E-state index is 0.0636. The Morgan fingerprint density at radius 2 is 1.77 bits per heavy atom. The lowest BCUT2D eigenvalue weighted by Crippen LogP contribution is -2.17. The van der Waals surface area contributed by atoms with Gasteiger partial charge in [0.1, 0.15) is 18.2 Å². The molecule has 0 aromatic heterocycles. The molecule has 1 N–H and O–H groups in total. The fraction of sp³-hybridized carbons (Fsp3) is 0.441. The Morgan fingerprint density at radius 1 is 1.02 bits per heavy atom. The molecular formula is C34H40F2O4. The summed E-state index contributed by atoms with van der Waals surface area (Å²) < 4.78 is 41.0. The molecule has 0 amide bonds. The molecule has 0 saturated heterocycles. The maximum atomic E-state index is 15.0. The standard InChI is InChI=1S/C30H32F2O4.C4H8/c1-30(2)15-5-7-25(30)23-16-19(9-12-22(23)24-17-21(35-3)11-13-26(24)31)18-36-27-8-4-6-20(29(27)32)10-14-28(33)34;1-4-2-3-4/h4,6,8-9,11-13,16-17,25H,5,7,10,14-15,18H2,1-3H3,(H,33,34);4H,2-3H2,1H3. The number of aryl methyl sites for hydroxylation is 1. The van der Waals surface area contributed by atoms with Gasteiger partial charge in [-0.1, -0.05) is 70.4 Å². The summed E-state index contributed by atoms with van der Waals surface area (Å²) in [5.41, 5.74) is 3.62. The number of carboxylic acids is 1. The second-order valence-corrected chi connectivity index (χ2v) is 11.8. The molecule has 4 nitrogen and oxygen atoms in total. The number of aliphatic carboxylic acids is 1. The van der Waals surface area contributed by atoms with Crippen molar-refractivity contribution < 1.29 is 28.2 Å². The number of benzene rings is 3. The third-order valence-corrected chi connectivity index (χ3v) is 8.12. The van der Waals surface area contributed by atoms with Crippen molar-refractivity contribution in [2.45, 2.75) is 78.2 Å². The molecule has 214 valence electrons. The van der Waals surface area contributed by atoms with Gasteiger partial charge >= 0.3 is 5.97 Å². The number of halogens is 2. The van der Waals surface area contributed by atoms with Crippen LogP contribution < -0.4 is 9.47 Å². The molecule has 0 radical (unpaired) electrons. The van der Waals surface area contributed by atoms with E-state index in [-0.39, 0.29) is 42.3 Å². The van der Waals surface area contributed by atoms with Crippen molar-refractivity contribution in [2.75, 3.05) is 7.11 Å². The lowest BCUT2D eigenvalue weighted by atomic mass is 9.75. The molecule has 1 atom stereocenters. The predicted molar refractivity (Wildman–Crippen MR) is 154 cm³/mol. The van der Waals surface area contributed by atoms with Gasteiger partial charge in [-0.25, -0.2) is 8.78 Å². The summed E-state index contributed by atoms with van der Waals surface area (Å²) >= 11 is 0. The molecular weight excluding hydrogens is 510 g/mol. The van der Waals surface area contributed by atoms with Gasteiger partial charge in [0.2, 0.25) is 0 Å². The number of carboxylic acid groups (broad SMARTS) is 1. The quantitative estimate of drug-likeness (QED) is 0.289. The smallest absolute Gasteiger partial charge is 0.303 e. The van der Waals surface area contributed by atoms with Gasteiger partial charge in [-0.3, -0.25) is 4.79 Å². The molecule has 0 heterocycles. The highest BCUT2D eigenvalue weighted by atomic mass is 19.1.